The van der Waals surface area contributed by atoms with Crippen molar-refractivity contribution in [3.8, 4) is 0 Å². The SMILES string of the molecule is CC.CC1=NN(c2ccccc2)C(O)C1C(C)O.O. The Labute approximate surface area is 114 Å². The molecule has 0 amide bonds. The zero-order chi connectivity index (χ0) is 13.7. The van der Waals surface area contributed by atoms with Crippen molar-refractivity contribution in [1.29, 1.82) is 0 Å². The highest BCUT2D eigenvalue weighted by Gasteiger charge is 2.37. The Morgan fingerprint density at radius 2 is 1.74 bits per heavy atom. The largest absolute Gasteiger partial charge is 0.412 e. The van der Waals surface area contributed by atoms with E-state index in [4.69, 9.17) is 0 Å². The van der Waals surface area contributed by atoms with Crippen LogP contribution in [-0.4, -0.2) is 33.7 Å². The predicted molar refractivity (Wildman–Crippen MR) is 78.2 cm³/mol. The molecule has 5 nitrogen and oxygen atoms in total. The standard InChI is InChI=1S/C12H16N2O2.C2H6.H2O/c1-8-11(9(2)15)12(16)14(13-8)10-6-4-3-5-7-10;1-2;/h3-7,9,11-12,15-16H,1-2H3;1-2H3;1H2. The fourth-order valence-electron chi connectivity index (χ4n) is 2.05. The summed E-state index contributed by atoms with van der Waals surface area (Å²) in [4.78, 5) is 0. The van der Waals surface area contributed by atoms with Gasteiger partial charge >= 0.3 is 0 Å². The van der Waals surface area contributed by atoms with E-state index < -0.39 is 12.3 Å². The van der Waals surface area contributed by atoms with Crippen molar-refractivity contribution in [3.63, 3.8) is 0 Å². The summed E-state index contributed by atoms with van der Waals surface area (Å²) in [5.41, 5.74) is 1.59. The molecule has 0 fully saturated rings. The van der Waals surface area contributed by atoms with E-state index in [1.54, 1.807) is 11.9 Å². The Morgan fingerprint density at radius 1 is 1.21 bits per heavy atom. The van der Waals surface area contributed by atoms with Gasteiger partial charge in [0, 0.05) is 5.71 Å². The van der Waals surface area contributed by atoms with Crippen molar-refractivity contribution in [2.24, 2.45) is 11.0 Å². The molecule has 0 saturated carbocycles. The predicted octanol–water partition coefficient (Wildman–Crippen LogP) is 1.40. The highest BCUT2D eigenvalue weighted by atomic mass is 16.3. The number of anilines is 1. The number of hydrogen-bond donors (Lipinski definition) is 2. The lowest BCUT2D eigenvalue weighted by atomic mass is 9.98. The lowest BCUT2D eigenvalue weighted by molar-refractivity contribution is 0.0635. The van der Waals surface area contributed by atoms with Crippen LogP contribution in [0.25, 0.3) is 0 Å². The van der Waals surface area contributed by atoms with E-state index in [1.165, 1.54) is 0 Å². The van der Waals surface area contributed by atoms with Crippen LogP contribution in [0.5, 0.6) is 0 Å². The Bertz CT molecular complexity index is 393. The molecule has 0 radical (unpaired) electrons. The van der Waals surface area contributed by atoms with E-state index in [0.717, 1.165) is 11.4 Å². The molecule has 4 N–H and O–H groups in total. The third-order valence-corrected chi connectivity index (χ3v) is 2.86. The van der Waals surface area contributed by atoms with Crippen LogP contribution in [0.1, 0.15) is 27.7 Å². The average molecular weight is 268 g/mol. The van der Waals surface area contributed by atoms with Gasteiger partial charge in [-0.1, -0.05) is 32.0 Å². The second-order valence-corrected chi connectivity index (χ2v) is 4.10. The molecular formula is C14H24N2O3. The smallest absolute Gasteiger partial charge is 0.158 e. The average Bonchev–Trinajstić information content (AvgIpc) is 2.68. The molecule has 108 valence electrons. The zero-order valence-electron chi connectivity index (χ0n) is 11.9. The molecule has 0 aliphatic carbocycles. The van der Waals surface area contributed by atoms with E-state index in [9.17, 15) is 10.2 Å². The van der Waals surface area contributed by atoms with Gasteiger partial charge in [0.15, 0.2) is 6.23 Å². The third-order valence-electron chi connectivity index (χ3n) is 2.86. The van der Waals surface area contributed by atoms with Crippen LogP contribution < -0.4 is 5.01 Å². The molecule has 0 bridgehead atoms. The van der Waals surface area contributed by atoms with Crippen molar-refractivity contribution in [3.05, 3.63) is 30.3 Å². The van der Waals surface area contributed by atoms with Gasteiger partial charge in [0.2, 0.25) is 0 Å². The lowest BCUT2D eigenvalue weighted by Gasteiger charge is -2.24. The molecule has 1 heterocycles. The molecule has 5 heteroatoms. The van der Waals surface area contributed by atoms with Crippen LogP contribution in [0.3, 0.4) is 0 Å². The summed E-state index contributed by atoms with van der Waals surface area (Å²) >= 11 is 0. The molecule has 19 heavy (non-hydrogen) atoms. The van der Waals surface area contributed by atoms with Gasteiger partial charge in [0.05, 0.1) is 17.7 Å². The van der Waals surface area contributed by atoms with Crippen molar-refractivity contribution >= 4 is 11.4 Å². The summed E-state index contributed by atoms with van der Waals surface area (Å²) < 4.78 is 0. The Hall–Kier alpha value is -1.43. The number of para-hydroxylation sites is 1. The van der Waals surface area contributed by atoms with Gasteiger partial charge in [0.1, 0.15) is 0 Å². The minimum Gasteiger partial charge on any atom is -0.412 e. The van der Waals surface area contributed by atoms with E-state index in [-0.39, 0.29) is 11.4 Å². The quantitative estimate of drug-likeness (QED) is 0.849. The molecule has 0 saturated heterocycles. The topological polar surface area (TPSA) is 87.6 Å². The van der Waals surface area contributed by atoms with Crippen molar-refractivity contribution in [1.82, 2.24) is 0 Å². The van der Waals surface area contributed by atoms with Gasteiger partial charge in [-0.15, -0.1) is 0 Å². The number of benzene rings is 1. The first kappa shape index (κ1) is 17.6. The molecule has 0 aromatic heterocycles. The summed E-state index contributed by atoms with van der Waals surface area (Å²) in [7, 11) is 0. The van der Waals surface area contributed by atoms with Gasteiger partial charge in [-0.05, 0) is 26.0 Å². The minimum absolute atomic E-state index is 0. The van der Waals surface area contributed by atoms with Crippen LogP contribution in [0.15, 0.2) is 35.4 Å². The number of nitrogens with zero attached hydrogens (tertiary/aromatic N) is 2. The highest BCUT2D eigenvalue weighted by molar-refractivity contribution is 5.89. The fraction of sp³-hybridized carbons (Fsp3) is 0.500. The first-order valence-electron chi connectivity index (χ1n) is 6.37. The molecule has 1 aliphatic rings. The fourth-order valence-corrected chi connectivity index (χ4v) is 2.05. The lowest BCUT2D eigenvalue weighted by Crippen LogP contribution is -2.38. The van der Waals surface area contributed by atoms with Crippen LogP contribution in [0.4, 0.5) is 5.69 Å². The minimum atomic E-state index is -0.789. The van der Waals surface area contributed by atoms with Gasteiger partial charge in [-0.3, -0.25) is 0 Å². The van der Waals surface area contributed by atoms with Gasteiger partial charge in [-0.2, -0.15) is 5.10 Å². The summed E-state index contributed by atoms with van der Waals surface area (Å²) in [5, 5.41) is 25.5. The number of hydrazone groups is 1. The molecule has 0 spiro atoms. The summed E-state index contributed by atoms with van der Waals surface area (Å²) in [5.74, 6) is -0.319. The van der Waals surface area contributed by atoms with Gasteiger partial charge in [0.25, 0.3) is 0 Å². The van der Waals surface area contributed by atoms with Crippen LogP contribution >= 0.6 is 0 Å². The molecule has 2 rings (SSSR count). The first-order valence-corrected chi connectivity index (χ1v) is 6.37. The summed E-state index contributed by atoms with van der Waals surface area (Å²) in [6.45, 7) is 7.49. The van der Waals surface area contributed by atoms with E-state index >= 15 is 0 Å². The Morgan fingerprint density at radius 3 is 2.16 bits per heavy atom. The summed E-state index contributed by atoms with van der Waals surface area (Å²) in [6, 6.07) is 9.45. The second-order valence-electron chi connectivity index (χ2n) is 4.10. The number of rotatable bonds is 2. The second kappa shape index (κ2) is 7.89. The maximum Gasteiger partial charge on any atom is 0.158 e. The van der Waals surface area contributed by atoms with Crippen LogP contribution in [0, 0.1) is 5.92 Å². The summed E-state index contributed by atoms with van der Waals surface area (Å²) in [6.07, 6.45) is -1.39. The van der Waals surface area contributed by atoms with E-state index in [2.05, 4.69) is 5.10 Å². The highest BCUT2D eigenvalue weighted by Crippen LogP contribution is 2.28. The molecule has 1 aromatic carbocycles. The monoisotopic (exact) mass is 268 g/mol. The molecule has 1 aromatic rings. The number of aliphatic hydroxyl groups is 2. The number of hydrogen-bond acceptors (Lipinski definition) is 4. The molecule has 1 aliphatic heterocycles. The number of aliphatic hydroxyl groups excluding tert-OH is 2. The van der Waals surface area contributed by atoms with Crippen molar-refractivity contribution in [2.75, 3.05) is 5.01 Å². The van der Waals surface area contributed by atoms with Gasteiger partial charge < -0.3 is 15.7 Å². The Balaban J connectivity index is 0.00000103. The molecular weight excluding hydrogens is 244 g/mol. The normalized spacial score (nSPS) is 22.8. The van der Waals surface area contributed by atoms with E-state index in [0.29, 0.717) is 0 Å². The van der Waals surface area contributed by atoms with E-state index in [1.807, 2.05) is 51.1 Å². The molecule has 3 unspecified atom stereocenters. The maximum absolute atomic E-state index is 10.1. The van der Waals surface area contributed by atoms with Crippen molar-refractivity contribution < 1.29 is 15.7 Å². The molecule has 3 atom stereocenters. The van der Waals surface area contributed by atoms with Crippen LogP contribution in [0.2, 0.25) is 0 Å². The zero-order valence-corrected chi connectivity index (χ0v) is 11.9. The van der Waals surface area contributed by atoms with Gasteiger partial charge in [-0.25, -0.2) is 5.01 Å². The Kier molecular flexibility index (Phi) is 7.29. The third kappa shape index (κ3) is 3.76. The van der Waals surface area contributed by atoms with Crippen LogP contribution in [-0.2, 0) is 0 Å². The maximum atomic E-state index is 10.1. The van der Waals surface area contributed by atoms with Crippen molar-refractivity contribution in [2.45, 2.75) is 40.0 Å². The first-order chi connectivity index (χ1) is 8.61.